The van der Waals surface area contributed by atoms with Crippen LogP contribution in [-0.2, 0) is 11.3 Å². The Morgan fingerprint density at radius 2 is 2.13 bits per heavy atom. The van der Waals surface area contributed by atoms with Crippen LogP contribution in [0.5, 0.6) is 0 Å². The van der Waals surface area contributed by atoms with Gasteiger partial charge in [0.1, 0.15) is 0 Å². The number of nitrogens with two attached hydrogens (primary N) is 1. The number of hydrogen-bond donors (Lipinski definition) is 4. The number of benzene rings is 1. The minimum Gasteiger partial charge on any atom is -0.404 e. The van der Waals surface area contributed by atoms with Crippen LogP contribution in [0.3, 0.4) is 0 Å². The molecule has 156 valence electrons. The fourth-order valence-electron chi connectivity index (χ4n) is 3.61. The Morgan fingerprint density at radius 3 is 2.83 bits per heavy atom. The number of hydrogen-bond acceptors (Lipinski definition) is 6. The van der Waals surface area contributed by atoms with Crippen LogP contribution >= 0.6 is 0 Å². The zero-order valence-electron chi connectivity index (χ0n) is 16.8. The third-order valence-electron chi connectivity index (χ3n) is 5.23. The number of allylic oxidation sites excluding steroid dienone is 1. The highest BCUT2D eigenvalue weighted by Gasteiger charge is 2.23. The fourth-order valence-corrected chi connectivity index (χ4v) is 3.61. The number of nitrogens with zero attached hydrogens (tertiary/aromatic N) is 2. The van der Waals surface area contributed by atoms with Gasteiger partial charge < -0.3 is 21.6 Å². The van der Waals surface area contributed by atoms with Crippen molar-refractivity contribution >= 4 is 29.5 Å². The second-order valence-electron chi connectivity index (χ2n) is 7.20. The molecule has 30 heavy (non-hydrogen) atoms. The van der Waals surface area contributed by atoms with Gasteiger partial charge >= 0.3 is 0 Å². The molecule has 0 bridgehead atoms. The van der Waals surface area contributed by atoms with Gasteiger partial charge in [-0.05, 0) is 54.8 Å². The van der Waals surface area contributed by atoms with Crippen LogP contribution in [0.15, 0.2) is 55.0 Å². The predicted molar refractivity (Wildman–Crippen MR) is 120 cm³/mol. The number of aliphatic hydroxyl groups is 1. The quantitative estimate of drug-likeness (QED) is 0.398. The molecule has 5 N–H and O–H groups in total. The third-order valence-corrected chi connectivity index (χ3v) is 5.23. The Hall–Kier alpha value is -3.29. The summed E-state index contributed by atoms with van der Waals surface area (Å²) in [4.78, 5) is 18.7. The minimum atomic E-state index is -0.259. The van der Waals surface area contributed by atoms with Crippen LogP contribution < -0.4 is 11.1 Å². The van der Waals surface area contributed by atoms with Crippen molar-refractivity contribution in [2.75, 3.05) is 18.5 Å². The topological polar surface area (TPSA) is 115 Å². The Morgan fingerprint density at radius 1 is 1.33 bits per heavy atom. The van der Waals surface area contributed by atoms with Gasteiger partial charge in [-0.2, -0.15) is 0 Å². The number of aliphatic hydroxyl groups excluding tert-OH is 1. The number of carbonyl (C=O) groups excluding carboxylic acids is 1. The van der Waals surface area contributed by atoms with Gasteiger partial charge in [0.15, 0.2) is 0 Å². The second kappa shape index (κ2) is 10.5. The van der Waals surface area contributed by atoms with Gasteiger partial charge in [0.25, 0.3) is 0 Å². The van der Waals surface area contributed by atoms with Crippen LogP contribution in [0.2, 0.25) is 0 Å². The lowest BCUT2D eigenvalue weighted by molar-refractivity contribution is -0.111. The number of rotatable bonds is 8. The highest BCUT2D eigenvalue weighted by atomic mass is 16.3. The minimum absolute atomic E-state index is 0.196. The van der Waals surface area contributed by atoms with E-state index in [9.17, 15) is 9.90 Å². The molecule has 1 unspecified atom stereocenters. The molecule has 1 atom stereocenters. The van der Waals surface area contributed by atoms with Gasteiger partial charge in [-0.3, -0.25) is 14.7 Å². The molecule has 1 aliphatic rings. The van der Waals surface area contributed by atoms with Gasteiger partial charge in [0.2, 0.25) is 5.91 Å². The maximum absolute atomic E-state index is 12.3. The van der Waals surface area contributed by atoms with E-state index in [4.69, 9.17) is 11.1 Å². The summed E-state index contributed by atoms with van der Waals surface area (Å²) in [6, 6.07) is 9.74. The van der Waals surface area contributed by atoms with Crippen molar-refractivity contribution in [1.29, 1.82) is 5.41 Å². The molecule has 0 spiro atoms. The molecule has 0 saturated carbocycles. The summed E-state index contributed by atoms with van der Waals surface area (Å²) in [5, 5.41) is 19.7. The third kappa shape index (κ3) is 5.40. The SMILES string of the molecule is N=C/C(=C\N)c1ccncc1/C=C/C(=O)Nc1ccc(CN2CCCC2CO)cc1. The molecule has 2 aromatic rings. The number of amides is 1. The Bertz CT molecular complexity index is 937. The van der Waals surface area contributed by atoms with Crippen molar-refractivity contribution in [2.24, 2.45) is 5.73 Å². The first-order chi connectivity index (χ1) is 14.6. The highest BCUT2D eigenvalue weighted by Crippen LogP contribution is 2.21. The van der Waals surface area contributed by atoms with Crippen molar-refractivity contribution in [1.82, 2.24) is 9.88 Å². The smallest absolute Gasteiger partial charge is 0.248 e. The average molecular weight is 406 g/mol. The van der Waals surface area contributed by atoms with Crippen molar-refractivity contribution < 1.29 is 9.90 Å². The molecular formula is C23H27N5O2. The van der Waals surface area contributed by atoms with Gasteiger partial charge in [0, 0.05) is 60.3 Å². The summed E-state index contributed by atoms with van der Waals surface area (Å²) < 4.78 is 0. The second-order valence-corrected chi connectivity index (χ2v) is 7.20. The molecule has 1 amide bonds. The number of nitrogens with one attached hydrogen (secondary N) is 2. The first kappa shape index (κ1) is 21.4. The normalized spacial score (nSPS) is 17.4. The summed E-state index contributed by atoms with van der Waals surface area (Å²) in [6.45, 7) is 2.00. The molecule has 2 heterocycles. The first-order valence-electron chi connectivity index (χ1n) is 9.94. The number of pyridine rings is 1. The zero-order valence-corrected chi connectivity index (χ0v) is 16.8. The van der Waals surface area contributed by atoms with E-state index in [-0.39, 0.29) is 18.6 Å². The number of anilines is 1. The van der Waals surface area contributed by atoms with Crippen LogP contribution in [0.25, 0.3) is 11.6 Å². The molecule has 1 fully saturated rings. The number of carbonyl (C=O) groups is 1. The fraction of sp³-hybridized carbons (Fsp3) is 0.261. The summed E-state index contributed by atoms with van der Waals surface area (Å²) in [7, 11) is 0. The highest BCUT2D eigenvalue weighted by molar-refractivity contribution is 6.10. The van der Waals surface area contributed by atoms with Gasteiger partial charge in [-0.15, -0.1) is 0 Å². The largest absolute Gasteiger partial charge is 0.404 e. The molecule has 3 rings (SSSR count). The first-order valence-corrected chi connectivity index (χ1v) is 9.94. The van der Waals surface area contributed by atoms with Gasteiger partial charge in [0.05, 0.1) is 6.61 Å². The van der Waals surface area contributed by atoms with Crippen molar-refractivity contribution in [3.63, 3.8) is 0 Å². The molecule has 0 aliphatic carbocycles. The Kier molecular flexibility index (Phi) is 7.48. The standard InChI is InChI=1S/C23H27N5O2/c24-12-19(13-25)22-9-10-26-14-18(22)5-8-23(30)27-20-6-3-17(4-7-20)15-28-11-1-2-21(28)16-29/h3-10,12-14,21,24,29H,1-2,11,15-16,25H2,(H,27,30)/b8-5+,19-13+,24-12?. The van der Waals surface area contributed by atoms with E-state index in [0.717, 1.165) is 37.1 Å². The Balaban J connectivity index is 1.61. The van der Waals surface area contributed by atoms with Crippen molar-refractivity contribution in [3.8, 4) is 0 Å². The van der Waals surface area contributed by atoms with E-state index in [1.54, 1.807) is 24.5 Å². The van der Waals surface area contributed by atoms with Crippen LogP contribution in [0.1, 0.15) is 29.5 Å². The van der Waals surface area contributed by atoms with E-state index < -0.39 is 0 Å². The maximum atomic E-state index is 12.3. The molecule has 7 nitrogen and oxygen atoms in total. The summed E-state index contributed by atoms with van der Waals surface area (Å²) >= 11 is 0. The van der Waals surface area contributed by atoms with E-state index in [1.165, 1.54) is 18.5 Å². The van der Waals surface area contributed by atoms with Gasteiger partial charge in [-0.25, -0.2) is 0 Å². The van der Waals surface area contributed by atoms with E-state index >= 15 is 0 Å². The summed E-state index contributed by atoms with van der Waals surface area (Å²) in [5.74, 6) is -0.259. The molecule has 1 aromatic heterocycles. The lowest BCUT2D eigenvalue weighted by atomic mass is 10.0. The molecular weight excluding hydrogens is 378 g/mol. The lowest BCUT2D eigenvalue weighted by Crippen LogP contribution is -2.31. The number of aromatic nitrogens is 1. The predicted octanol–water partition coefficient (Wildman–Crippen LogP) is 2.64. The molecule has 7 heteroatoms. The van der Waals surface area contributed by atoms with Crippen LogP contribution in [0.4, 0.5) is 5.69 Å². The van der Waals surface area contributed by atoms with E-state index in [1.807, 2.05) is 24.3 Å². The van der Waals surface area contributed by atoms with Crippen LogP contribution in [-0.4, -0.2) is 46.3 Å². The van der Waals surface area contributed by atoms with Crippen molar-refractivity contribution in [3.05, 3.63) is 71.7 Å². The van der Waals surface area contributed by atoms with Crippen molar-refractivity contribution in [2.45, 2.75) is 25.4 Å². The van der Waals surface area contributed by atoms with Crippen LogP contribution in [0, 0.1) is 5.41 Å². The molecule has 1 saturated heterocycles. The Labute approximate surface area is 176 Å². The lowest BCUT2D eigenvalue weighted by Gasteiger charge is -2.22. The number of likely N-dealkylation sites (tertiary alicyclic amines) is 1. The molecule has 1 aromatic carbocycles. The van der Waals surface area contributed by atoms with Gasteiger partial charge in [-0.1, -0.05) is 12.1 Å². The monoisotopic (exact) mass is 405 g/mol. The summed E-state index contributed by atoms with van der Waals surface area (Å²) in [5.41, 5.74) is 9.42. The average Bonchev–Trinajstić information content (AvgIpc) is 3.22. The molecule has 1 aliphatic heterocycles. The maximum Gasteiger partial charge on any atom is 0.248 e. The molecule has 0 radical (unpaired) electrons. The summed E-state index contributed by atoms with van der Waals surface area (Å²) in [6.07, 6.45) is 11.0. The van der Waals surface area contributed by atoms with E-state index in [2.05, 4.69) is 15.2 Å². The van der Waals surface area contributed by atoms with E-state index in [0.29, 0.717) is 16.8 Å². The zero-order chi connectivity index (χ0) is 21.3.